The molecule has 3 heterocycles. The standard InChI is InChI=1S/C23H13ClO5S/c1-12-17(29-23(26)20-10-13-9-14(24)4-6-18(13)27-20)7-5-16-21(25)19(28-22(12)16)11-15-3-2-8-30-15/h2-11H,1H3/b19-11-. The van der Waals surface area contributed by atoms with Crippen molar-refractivity contribution in [1.82, 2.24) is 0 Å². The Morgan fingerprint density at radius 2 is 2.03 bits per heavy atom. The molecule has 0 spiro atoms. The number of halogens is 1. The summed E-state index contributed by atoms with van der Waals surface area (Å²) in [7, 11) is 0. The zero-order valence-corrected chi connectivity index (χ0v) is 17.2. The van der Waals surface area contributed by atoms with Gasteiger partial charge in [-0.1, -0.05) is 17.7 Å². The summed E-state index contributed by atoms with van der Waals surface area (Å²) in [6.45, 7) is 1.74. The van der Waals surface area contributed by atoms with Gasteiger partial charge in [0.05, 0.1) is 5.56 Å². The summed E-state index contributed by atoms with van der Waals surface area (Å²) in [6, 6.07) is 13.6. The summed E-state index contributed by atoms with van der Waals surface area (Å²) in [5.74, 6) is 0.139. The number of ether oxygens (including phenoxy) is 2. The fourth-order valence-electron chi connectivity index (χ4n) is 3.25. The van der Waals surface area contributed by atoms with E-state index in [1.54, 1.807) is 49.4 Å². The van der Waals surface area contributed by atoms with E-state index in [0.717, 1.165) is 4.88 Å². The lowest BCUT2D eigenvalue weighted by Gasteiger charge is -2.09. The van der Waals surface area contributed by atoms with Crippen LogP contribution in [0, 0.1) is 6.92 Å². The van der Waals surface area contributed by atoms with Gasteiger partial charge in [-0.15, -0.1) is 11.3 Å². The summed E-state index contributed by atoms with van der Waals surface area (Å²) in [6.07, 6.45) is 1.71. The third kappa shape index (κ3) is 3.20. The number of allylic oxidation sites excluding steroid dienone is 1. The molecule has 0 atom stereocenters. The van der Waals surface area contributed by atoms with Crippen LogP contribution >= 0.6 is 22.9 Å². The first-order chi connectivity index (χ1) is 14.5. The van der Waals surface area contributed by atoms with Crippen molar-refractivity contribution in [2.75, 3.05) is 0 Å². The largest absolute Gasteiger partial charge is 0.452 e. The van der Waals surface area contributed by atoms with Gasteiger partial charge in [0.1, 0.15) is 17.1 Å². The topological polar surface area (TPSA) is 65.7 Å². The quantitative estimate of drug-likeness (QED) is 0.214. The smallest absolute Gasteiger partial charge is 0.379 e. The molecule has 0 amide bonds. The number of esters is 1. The van der Waals surface area contributed by atoms with Crippen LogP contribution < -0.4 is 9.47 Å². The number of hydrogen-bond acceptors (Lipinski definition) is 6. The molecule has 0 saturated heterocycles. The van der Waals surface area contributed by atoms with Crippen molar-refractivity contribution in [2.45, 2.75) is 6.92 Å². The summed E-state index contributed by atoms with van der Waals surface area (Å²) >= 11 is 7.49. The highest BCUT2D eigenvalue weighted by molar-refractivity contribution is 7.10. The maximum Gasteiger partial charge on any atom is 0.379 e. The molecule has 0 saturated carbocycles. The molecular formula is C23H13ClO5S. The van der Waals surface area contributed by atoms with Crippen molar-refractivity contribution in [3.05, 3.63) is 86.5 Å². The number of carbonyl (C=O) groups is 2. The van der Waals surface area contributed by atoms with Gasteiger partial charge in [0, 0.05) is 26.9 Å². The minimum absolute atomic E-state index is 0.0578. The van der Waals surface area contributed by atoms with E-state index in [-0.39, 0.29) is 17.3 Å². The Hall–Kier alpha value is -3.35. The number of furan rings is 1. The van der Waals surface area contributed by atoms with Crippen LogP contribution in [0.2, 0.25) is 5.02 Å². The number of ketones is 1. The van der Waals surface area contributed by atoms with Crippen LogP contribution in [-0.2, 0) is 0 Å². The van der Waals surface area contributed by atoms with E-state index in [0.29, 0.717) is 38.6 Å². The first-order valence-corrected chi connectivity index (χ1v) is 10.3. The van der Waals surface area contributed by atoms with Gasteiger partial charge < -0.3 is 13.9 Å². The molecule has 0 N–H and O–H groups in total. The summed E-state index contributed by atoms with van der Waals surface area (Å²) in [4.78, 5) is 26.1. The fraction of sp³-hybridized carbons (Fsp3) is 0.0435. The van der Waals surface area contributed by atoms with Crippen LogP contribution in [0.4, 0.5) is 0 Å². The minimum atomic E-state index is -0.649. The second kappa shape index (κ2) is 7.16. The monoisotopic (exact) mass is 436 g/mol. The highest BCUT2D eigenvalue weighted by atomic mass is 35.5. The molecule has 0 aliphatic carbocycles. The van der Waals surface area contributed by atoms with E-state index in [2.05, 4.69) is 0 Å². The minimum Gasteiger partial charge on any atom is -0.452 e. The van der Waals surface area contributed by atoms with Crippen molar-refractivity contribution in [1.29, 1.82) is 0 Å². The van der Waals surface area contributed by atoms with Gasteiger partial charge in [-0.2, -0.15) is 0 Å². The van der Waals surface area contributed by atoms with E-state index in [4.69, 9.17) is 25.5 Å². The maximum atomic E-state index is 12.6. The van der Waals surface area contributed by atoms with Crippen molar-refractivity contribution in [3.8, 4) is 11.5 Å². The van der Waals surface area contributed by atoms with E-state index in [1.165, 1.54) is 11.3 Å². The molecule has 1 aliphatic rings. The summed E-state index contributed by atoms with van der Waals surface area (Å²) in [5, 5.41) is 3.18. The molecule has 5 rings (SSSR count). The molecule has 148 valence electrons. The normalized spacial score (nSPS) is 14.2. The Balaban J connectivity index is 1.43. The lowest BCUT2D eigenvalue weighted by atomic mass is 10.1. The zero-order valence-electron chi connectivity index (χ0n) is 15.6. The van der Waals surface area contributed by atoms with Crippen LogP contribution in [0.1, 0.15) is 31.4 Å². The lowest BCUT2D eigenvalue weighted by Crippen LogP contribution is -2.08. The molecular weight excluding hydrogens is 424 g/mol. The number of rotatable bonds is 3. The summed E-state index contributed by atoms with van der Waals surface area (Å²) < 4.78 is 16.9. The average molecular weight is 437 g/mol. The third-order valence-electron chi connectivity index (χ3n) is 4.74. The van der Waals surface area contributed by atoms with Crippen molar-refractivity contribution < 1.29 is 23.5 Å². The highest BCUT2D eigenvalue weighted by Crippen LogP contribution is 2.39. The van der Waals surface area contributed by atoms with Crippen LogP contribution in [0.15, 0.2) is 64.1 Å². The van der Waals surface area contributed by atoms with Gasteiger partial charge in [-0.25, -0.2) is 4.79 Å². The van der Waals surface area contributed by atoms with Crippen LogP contribution in [-0.4, -0.2) is 11.8 Å². The first kappa shape index (κ1) is 18.7. The van der Waals surface area contributed by atoms with Gasteiger partial charge in [-0.05, 0) is 54.8 Å². The molecule has 30 heavy (non-hydrogen) atoms. The first-order valence-electron chi connectivity index (χ1n) is 9.02. The molecule has 1 aliphatic heterocycles. The molecule has 0 radical (unpaired) electrons. The molecule has 0 fully saturated rings. The third-order valence-corrected chi connectivity index (χ3v) is 5.79. The Bertz CT molecular complexity index is 1350. The van der Waals surface area contributed by atoms with Gasteiger partial charge in [0.25, 0.3) is 0 Å². The number of benzene rings is 2. The SMILES string of the molecule is Cc1c(OC(=O)c2cc3cc(Cl)ccc3o2)ccc2c1O/C(=C\c1cccs1)C2=O. The highest BCUT2D eigenvalue weighted by Gasteiger charge is 2.31. The number of carbonyl (C=O) groups excluding carboxylic acids is 2. The number of hydrogen-bond donors (Lipinski definition) is 0. The maximum absolute atomic E-state index is 12.6. The molecule has 7 heteroatoms. The molecule has 5 nitrogen and oxygen atoms in total. The predicted molar refractivity (Wildman–Crippen MR) is 115 cm³/mol. The zero-order chi connectivity index (χ0) is 20.8. The summed E-state index contributed by atoms with van der Waals surface area (Å²) in [5.41, 5.74) is 1.53. The second-order valence-corrected chi connectivity index (χ2v) is 8.12. The van der Waals surface area contributed by atoms with Gasteiger partial charge in [0.15, 0.2) is 5.76 Å². The van der Waals surface area contributed by atoms with Crippen molar-refractivity contribution >= 4 is 51.7 Å². The molecule has 4 aromatic rings. The van der Waals surface area contributed by atoms with Crippen LogP contribution in [0.25, 0.3) is 17.0 Å². The fourth-order valence-corrected chi connectivity index (χ4v) is 4.07. The van der Waals surface area contributed by atoms with Crippen LogP contribution in [0.3, 0.4) is 0 Å². The second-order valence-electron chi connectivity index (χ2n) is 6.70. The Morgan fingerprint density at radius 3 is 2.83 bits per heavy atom. The molecule has 2 aromatic heterocycles. The number of Topliss-reactive ketones (excluding diaryl/α,β-unsaturated/α-hetero) is 1. The molecule has 0 bridgehead atoms. The van der Waals surface area contributed by atoms with Crippen molar-refractivity contribution in [2.24, 2.45) is 0 Å². The average Bonchev–Trinajstić information content (AvgIpc) is 3.45. The Morgan fingerprint density at radius 1 is 1.17 bits per heavy atom. The predicted octanol–water partition coefficient (Wildman–Crippen LogP) is 6.29. The molecule has 2 aromatic carbocycles. The number of fused-ring (bicyclic) bond motifs is 2. The van der Waals surface area contributed by atoms with E-state index in [9.17, 15) is 9.59 Å². The Kier molecular flexibility index (Phi) is 4.46. The van der Waals surface area contributed by atoms with Crippen LogP contribution in [0.5, 0.6) is 11.5 Å². The van der Waals surface area contributed by atoms with E-state index < -0.39 is 5.97 Å². The van der Waals surface area contributed by atoms with Gasteiger partial charge in [-0.3, -0.25) is 4.79 Å². The Labute approximate surface area is 180 Å². The molecule has 0 unspecified atom stereocenters. The number of thiophene rings is 1. The lowest BCUT2D eigenvalue weighted by molar-refractivity contribution is 0.0702. The van der Waals surface area contributed by atoms with Gasteiger partial charge in [0.2, 0.25) is 11.5 Å². The van der Waals surface area contributed by atoms with Gasteiger partial charge >= 0.3 is 5.97 Å². The van der Waals surface area contributed by atoms with Crippen molar-refractivity contribution in [3.63, 3.8) is 0 Å². The van der Waals surface area contributed by atoms with E-state index >= 15 is 0 Å². The van der Waals surface area contributed by atoms with E-state index in [1.807, 2.05) is 17.5 Å².